The summed E-state index contributed by atoms with van der Waals surface area (Å²) in [6.45, 7) is 4.21. The highest BCUT2D eigenvalue weighted by Gasteiger charge is 2.35. The van der Waals surface area contributed by atoms with Gasteiger partial charge >= 0.3 is 0 Å². The number of ketones is 1. The standard InChI is InChI=1S/C26H30O4/c1-17(2)8-7-9-18-12-13-21(22(14-18)19-10-5-4-6-11-19)26(29)25-23(28)15-20(27)16-24(25)30-3/h4-6,8,10-12,15-16,21-22,27-28H,7,9,13-14H2,1-3H3/t21?,22-/m0/s1. The number of benzene rings is 2. The normalized spacial score (nSPS) is 18.4. The Hall–Kier alpha value is -3.01. The number of allylic oxidation sites excluding steroid dienone is 4. The van der Waals surface area contributed by atoms with Crippen molar-refractivity contribution in [1.82, 2.24) is 0 Å². The quantitative estimate of drug-likeness (QED) is 0.427. The average molecular weight is 407 g/mol. The molecule has 0 amide bonds. The first kappa shape index (κ1) is 21.7. The van der Waals surface area contributed by atoms with Crippen LogP contribution < -0.4 is 4.74 Å². The number of hydrogen-bond donors (Lipinski definition) is 2. The summed E-state index contributed by atoms with van der Waals surface area (Å²) in [5, 5.41) is 20.2. The van der Waals surface area contributed by atoms with Gasteiger partial charge in [0.25, 0.3) is 0 Å². The van der Waals surface area contributed by atoms with Gasteiger partial charge in [0.1, 0.15) is 22.8 Å². The molecule has 0 fully saturated rings. The number of rotatable bonds is 7. The Kier molecular flexibility index (Phi) is 6.99. The molecule has 0 saturated carbocycles. The molecule has 1 aliphatic carbocycles. The predicted molar refractivity (Wildman–Crippen MR) is 119 cm³/mol. The number of phenolic OH excluding ortho intramolecular Hbond substituents is 2. The molecule has 0 radical (unpaired) electrons. The Labute approximate surface area is 178 Å². The van der Waals surface area contributed by atoms with Gasteiger partial charge in [-0.25, -0.2) is 0 Å². The molecule has 0 aromatic heterocycles. The molecule has 4 nitrogen and oxygen atoms in total. The van der Waals surface area contributed by atoms with Crippen LogP contribution in [0.2, 0.25) is 0 Å². The van der Waals surface area contributed by atoms with Crippen molar-refractivity contribution in [2.24, 2.45) is 5.92 Å². The zero-order valence-electron chi connectivity index (χ0n) is 17.9. The molecule has 158 valence electrons. The van der Waals surface area contributed by atoms with E-state index in [4.69, 9.17) is 4.74 Å². The number of carbonyl (C=O) groups is 1. The van der Waals surface area contributed by atoms with Crippen LogP contribution in [-0.4, -0.2) is 23.1 Å². The van der Waals surface area contributed by atoms with Gasteiger partial charge in [0.15, 0.2) is 5.78 Å². The zero-order chi connectivity index (χ0) is 21.7. The summed E-state index contributed by atoms with van der Waals surface area (Å²) in [6.07, 6.45) is 7.86. The Balaban J connectivity index is 1.95. The van der Waals surface area contributed by atoms with Crippen LogP contribution in [0, 0.1) is 5.92 Å². The highest BCUT2D eigenvalue weighted by atomic mass is 16.5. The SMILES string of the molecule is COc1cc(O)cc(O)c1C(=O)C1CC=C(CCC=C(C)C)C[C@H]1c1ccccc1. The highest BCUT2D eigenvalue weighted by Crippen LogP contribution is 2.43. The molecule has 0 saturated heterocycles. The number of hydrogen-bond acceptors (Lipinski definition) is 4. The first-order chi connectivity index (χ1) is 14.4. The number of aromatic hydroxyl groups is 2. The second-order valence-electron chi connectivity index (χ2n) is 8.15. The first-order valence-corrected chi connectivity index (χ1v) is 10.4. The molecule has 0 bridgehead atoms. The summed E-state index contributed by atoms with van der Waals surface area (Å²) in [6, 6.07) is 12.7. The van der Waals surface area contributed by atoms with Crippen LogP contribution in [0.3, 0.4) is 0 Å². The second-order valence-corrected chi connectivity index (χ2v) is 8.15. The van der Waals surface area contributed by atoms with E-state index in [0.717, 1.165) is 24.8 Å². The molecule has 2 atom stereocenters. The first-order valence-electron chi connectivity index (χ1n) is 10.4. The second kappa shape index (κ2) is 9.66. The van der Waals surface area contributed by atoms with Gasteiger partial charge in [0, 0.05) is 18.1 Å². The number of methoxy groups -OCH3 is 1. The van der Waals surface area contributed by atoms with E-state index in [0.29, 0.717) is 6.42 Å². The van der Waals surface area contributed by atoms with Crippen LogP contribution in [-0.2, 0) is 0 Å². The van der Waals surface area contributed by atoms with Crippen LogP contribution in [0.1, 0.15) is 61.4 Å². The van der Waals surface area contributed by atoms with E-state index in [2.05, 4.69) is 38.1 Å². The molecule has 30 heavy (non-hydrogen) atoms. The maximum absolute atomic E-state index is 13.5. The molecular formula is C26H30O4. The zero-order valence-corrected chi connectivity index (χ0v) is 17.9. The number of carbonyl (C=O) groups excluding carboxylic acids is 1. The summed E-state index contributed by atoms with van der Waals surface area (Å²) < 4.78 is 5.29. The van der Waals surface area contributed by atoms with E-state index in [1.54, 1.807) is 0 Å². The van der Waals surface area contributed by atoms with E-state index in [1.807, 2.05) is 18.2 Å². The Morgan fingerprint density at radius 2 is 1.90 bits per heavy atom. The van der Waals surface area contributed by atoms with E-state index < -0.39 is 0 Å². The van der Waals surface area contributed by atoms with Crippen LogP contribution in [0.5, 0.6) is 17.2 Å². The molecule has 3 rings (SSSR count). The minimum Gasteiger partial charge on any atom is -0.508 e. The Morgan fingerprint density at radius 3 is 2.57 bits per heavy atom. The van der Waals surface area contributed by atoms with Gasteiger partial charge in [-0.15, -0.1) is 0 Å². The molecule has 1 aliphatic rings. The van der Waals surface area contributed by atoms with Gasteiger partial charge in [-0.1, -0.05) is 53.6 Å². The van der Waals surface area contributed by atoms with Crippen molar-refractivity contribution >= 4 is 5.78 Å². The summed E-state index contributed by atoms with van der Waals surface area (Å²) in [5.74, 6) is -0.611. The van der Waals surface area contributed by atoms with Gasteiger partial charge in [0.05, 0.1) is 7.11 Å². The van der Waals surface area contributed by atoms with Gasteiger partial charge in [-0.05, 0) is 51.0 Å². The summed E-state index contributed by atoms with van der Waals surface area (Å²) in [7, 11) is 1.43. The lowest BCUT2D eigenvalue weighted by atomic mass is 9.72. The van der Waals surface area contributed by atoms with Crippen molar-refractivity contribution in [3.63, 3.8) is 0 Å². The Bertz CT molecular complexity index is 952. The minimum absolute atomic E-state index is 0.0308. The molecule has 1 unspecified atom stereocenters. The van der Waals surface area contributed by atoms with E-state index in [-0.39, 0.29) is 40.4 Å². The third-order valence-electron chi connectivity index (χ3n) is 5.74. The van der Waals surface area contributed by atoms with Crippen LogP contribution in [0.15, 0.2) is 65.8 Å². The summed E-state index contributed by atoms with van der Waals surface area (Å²) in [4.78, 5) is 13.5. The van der Waals surface area contributed by atoms with E-state index >= 15 is 0 Å². The van der Waals surface area contributed by atoms with Crippen molar-refractivity contribution in [1.29, 1.82) is 0 Å². The Morgan fingerprint density at radius 1 is 1.17 bits per heavy atom. The van der Waals surface area contributed by atoms with Crippen LogP contribution >= 0.6 is 0 Å². The fourth-order valence-corrected chi connectivity index (χ4v) is 4.24. The third kappa shape index (κ3) is 4.93. The summed E-state index contributed by atoms with van der Waals surface area (Å²) in [5.41, 5.74) is 3.95. The van der Waals surface area contributed by atoms with Crippen molar-refractivity contribution < 1.29 is 19.7 Å². The van der Waals surface area contributed by atoms with Crippen LogP contribution in [0.25, 0.3) is 0 Å². The number of Topliss-reactive ketones (excluding diaryl/α,β-unsaturated/α-hetero) is 1. The smallest absolute Gasteiger partial charge is 0.174 e. The largest absolute Gasteiger partial charge is 0.508 e. The van der Waals surface area contributed by atoms with Crippen LogP contribution in [0.4, 0.5) is 0 Å². The maximum Gasteiger partial charge on any atom is 0.174 e. The third-order valence-corrected chi connectivity index (χ3v) is 5.74. The fraction of sp³-hybridized carbons (Fsp3) is 0.346. The lowest BCUT2D eigenvalue weighted by Crippen LogP contribution is -2.26. The average Bonchev–Trinajstić information content (AvgIpc) is 2.73. The van der Waals surface area contributed by atoms with Gasteiger partial charge in [0.2, 0.25) is 0 Å². The molecule has 0 spiro atoms. The van der Waals surface area contributed by atoms with Gasteiger partial charge in [-0.3, -0.25) is 4.79 Å². The molecule has 0 heterocycles. The monoisotopic (exact) mass is 406 g/mol. The van der Waals surface area contributed by atoms with Crippen molar-refractivity contribution in [2.45, 2.75) is 45.4 Å². The van der Waals surface area contributed by atoms with Crippen molar-refractivity contribution in [2.75, 3.05) is 7.11 Å². The van der Waals surface area contributed by atoms with Gasteiger partial charge < -0.3 is 14.9 Å². The minimum atomic E-state index is -0.302. The molecular weight excluding hydrogens is 376 g/mol. The van der Waals surface area contributed by atoms with Crippen molar-refractivity contribution in [3.8, 4) is 17.2 Å². The highest BCUT2D eigenvalue weighted by molar-refractivity contribution is 6.03. The molecule has 2 aromatic rings. The van der Waals surface area contributed by atoms with E-state index in [9.17, 15) is 15.0 Å². The topological polar surface area (TPSA) is 66.8 Å². The lowest BCUT2D eigenvalue weighted by Gasteiger charge is -2.31. The summed E-state index contributed by atoms with van der Waals surface area (Å²) >= 11 is 0. The van der Waals surface area contributed by atoms with Gasteiger partial charge in [-0.2, -0.15) is 0 Å². The lowest BCUT2D eigenvalue weighted by molar-refractivity contribution is 0.0889. The van der Waals surface area contributed by atoms with E-state index in [1.165, 1.54) is 30.4 Å². The molecule has 0 aliphatic heterocycles. The molecule has 2 N–H and O–H groups in total. The van der Waals surface area contributed by atoms with Crippen molar-refractivity contribution in [3.05, 3.63) is 76.9 Å². The molecule has 2 aromatic carbocycles. The fourth-order valence-electron chi connectivity index (χ4n) is 4.24. The molecule has 4 heteroatoms. The number of phenols is 2. The number of ether oxygens (including phenoxy) is 1. The maximum atomic E-state index is 13.5. The predicted octanol–water partition coefficient (Wildman–Crippen LogP) is 6.16.